The molecule has 2 fully saturated rings. The van der Waals surface area contributed by atoms with Gasteiger partial charge in [0.1, 0.15) is 0 Å². The molecule has 0 radical (unpaired) electrons. The van der Waals surface area contributed by atoms with Crippen LogP contribution in [0.1, 0.15) is 71.3 Å². The number of fused-ring (bicyclic) bond motifs is 5. The van der Waals surface area contributed by atoms with Crippen LogP contribution in [-0.2, 0) is 4.79 Å². The lowest BCUT2D eigenvalue weighted by Crippen LogP contribution is -2.51. The van der Waals surface area contributed by atoms with Gasteiger partial charge in [0.2, 0.25) is 0 Å². The highest BCUT2D eigenvalue weighted by Crippen LogP contribution is 2.67. The lowest BCUT2D eigenvalue weighted by Gasteiger charge is -2.59. The third-order valence-corrected chi connectivity index (χ3v) is 9.55. The number of nitrogens with zero attached hydrogens (tertiary/aromatic N) is 1. The highest BCUT2D eigenvalue weighted by molar-refractivity contribution is 5.72. The first-order valence-corrected chi connectivity index (χ1v) is 11.9. The van der Waals surface area contributed by atoms with Crippen molar-refractivity contribution in [1.82, 2.24) is 4.98 Å². The second kappa shape index (κ2) is 7.07. The fraction of sp³-hybridized carbons (Fsp3) is 0.630. The van der Waals surface area contributed by atoms with Crippen molar-refractivity contribution in [2.45, 2.75) is 65.7 Å². The number of carboxylic acids is 1. The number of allylic oxidation sites excluding steroid dienone is 4. The van der Waals surface area contributed by atoms with E-state index in [4.69, 9.17) is 0 Å². The quantitative estimate of drug-likeness (QED) is 0.594. The molecule has 3 nitrogen and oxygen atoms in total. The molecule has 4 aliphatic carbocycles. The monoisotopic (exact) mass is 405 g/mol. The van der Waals surface area contributed by atoms with E-state index in [2.05, 4.69) is 50.0 Å². The van der Waals surface area contributed by atoms with E-state index in [-0.39, 0.29) is 10.8 Å². The molecule has 0 amide bonds. The van der Waals surface area contributed by atoms with E-state index < -0.39 is 5.97 Å². The molecule has 30 heavy (non-hydrogen) atoms. The number of rotatable bonds is 3. The molecule has 2 unspecified atom stereocenters. The first-order chi connectivity index (χ1) is 14.3. The smallest absolute Gasteiger partial charge is 0.303 e. The zero-order valence-corrected chi connectivity index (χ0v) is 18.6. The Morgan fingerprint density at radius 1 is 1.20 bits per heavy atom. The van der Waals surface area contributed by atoms with Crippen molar-refractivity contribution in [3.05, 3.63) is 47.8 Å². The summed E-state index contributed by atoms with van der Waals surface area (Å²) in [5.74, 6) is 2.42. The van der Waals surface area contributed by atoms with Crippen molar-refractivity contribution in [3.8, 4) is 0 Å². The summed E-state index contributed by atoms with van der Waals surface area (Å²) >= 11 is 0. The van der Waals surface area contributed by atoms with Crippen LogP contribution in [0.25, 0.3) is 5.57 Å². The Kier molecular flexibility index (Phi) is 4.72. The first-order valence-electron chi connectivity index (χ1n) is 11.9. The van der Waals surface area contributed by atoms with Crippen molar-refractivity contribution in [2.75, 3.05) is 0 Å². The number of hydrogen-bond donors (Lipinski definition) is 1. The fourth-order valence-corrected chi connectivity index (χ4v) is 8.06. The van der Waals surface area contributed by atoms with Crippen molar-refractivity contribution >= 4 is 11.5 Å². The third-order valence-electron chi connectivity index (χ3n) is 9.55. The number of aromatic nitrogens is 1. The summed E-state index contributed by atoms with van der Waals surface area (Å²) < 4.78 is 0. The molecule has 1 aromatic heterocycles. The van der Waals surface area contributed by atoms with Crippen molar-refractivity contribution < 1.29 is 9.90 Å². The van der Waals surface area contributed by atoms with Crippen LogP contribution in [0.4, 0.5) is 0 Å². The van der Waals surface area contributed by atoms with Crippen LogP contribution >= 0.6 is 0 Å². The Bertz CT molecular complexity index is 903. The van der Waals surface area contributed by atoms with Crippen molar-refractivity contribution in [1.29, 1.82) is 0 Å². The Labute approximate surface area is 180 Å². The number of hydrogen-bond acceptors (Lipinski definition) is 2. The molecule has 7 atom stereocenters. The molecular formula is C27H35NO2. The van der Waals surface area contributed by atoms with Gasteiger partial charge >= 0.3 is 5.97 Å². The van der Waals surface area contributed by atoms with Gasteiger partial charge in [-0.25, -0.2) is 0 Å². The van der Waals surface area contributed by atoms with Gasteiger partial charge in [0.05, 0.1) is 0 Å². The summed E-state index contributed by atoms with van der Waals surface area (Å²) in [6.07, 6.45) is 16.3. The lowest BCUT2D eigenvalue weighted by atomic mass is 9.45. The van der Waals surface area contributed by atoms with Gasteiger partial charge in [0.25, 0.3) is 0 Å². The molecule has 3 heteroatoms. The molecule has 0 spiro atoms. The van der Waals surface area contributed by atoms with Crippen LogP contribution in [-0.4, -0.2) is 16.1 Å². The van der Waals surface area contributed by atoms with Gasteiger partial charge in [-0.3, -0.25) is 9.78 Å². The molecule has 0 saturated heterocycles. The highest BCUT2D eigenvalue weighted by Gasteiger charge is 2.58. The Hall–Kier alpha value is -1.90. The van der Waals surface area contributed by atoms with Gasteiger partial charge in [0.15, 0.2) is 0 Å². The molecule has 1 heterocycles. The zero-order valence-electron chi connectivity index (χ0n) is 18.6. The van der Waals surface area contributed by atoms with Crippen LogP contribution in [0.2, 0.25) is 0 Å². The minimum Gasteiger partial charge on any atom is -0.481 e. The van der Waals surface area contributed by atoms with E-state index in [0.717, 1.165) is 31.1 Å². The van der Waals surface area contributed by atoms with Crippen LogP contribution in [0.15, 0.2) is 42.3 Å². The maximum absolute atomic E-state index is 11.3. The second-order valence-electron chi connectivity index (χ2n) is 11.0. The lowest BCUT2D eigenvalue weighted by molar-refractivity contribution is -0.138. The van der Waals surface area contributed by atoms with E-state index in [9.17, 15) is 9.90 Å². The number of aliphatic carboxylic acids is 1. The number of pyridine rings is 1. The van der Waals surface area contributed by atoms with Crippen LogP contribution in [0, 0.1) is 40.4 Å². The van der Waals surface area contributed by atoms with Gasteiger partial charge in [-0.1, -0.05) is 44.6 Å². The maximum atomic E-state index is 11.3. The Balaban J connectivity index is 1.45. The largest absolute Gasteiger partial charge is 0.481 e. The zero-order chi connectivity index (χ0) is 21.1. The molecule has 2 saturated carbocycles. The van der Waals surface area contributed by atoms with E-state index in [1.54, 1.807) is 5.57 Å². The molecule has 1 aromatic rings. The van der Waals surface area contributed by atoms with Gasteiger partial charge in [-0.2, -0.15) is 0 Å². The average Bonchev–Trinajstić information content (AvgIpc) is 3.06. The number of carbonyl (C=O) groups is 1. The summed E-state index contributed by atoms with van der Waals surface area (Å²) in [7, 11) is 0. The third kappa shape index (κ3) is 2.92. The molecule has 1 N–H and O–H groups in total. The summed E-state index contributed by atoms with van der Waals surface area (Å²) in [6.45, 7) is 7.45. The SMILES string of the molecule is CC1C=C2CC(CC(=O)O)CC[C@]2(C)[C@@H]2CC[C@]3(C)C(c4cccnc4)=CC[C@H]3[C@H]12. The van der Waals surface area contributed by atoms with E-state index in [1.807, 2.05) is 12.4 Å². The summed E-state index contributed by atoms with van der Waals surface area (Å²) in [5, 5.41) is 9.29. The molecule has 160 valence electrons. The molecule has 5 rings (SSSR count). The van der Waals surface area contributed by atoms with Crippen molar-refractivity contribution in [3.63, 3.8) is 0 Å². The van der Waals surface area contributed by atoms with Gasteiger partial charge in [0, 0.05) is 18.8 Å². The summed E-state index contributed by atoms with van der Waals surface area (Å²) in [6, 6.07) is 4.29. The standard InChI is InChI=1S/C27H35NO2/c1-17-13-20-14-18(15-24(29)30)8-10-26(20,2)23-9-11-27(3)21(6-7-22(27)25(17)23)19-5-4-12-28-16-19/h4-6,12-13,16-18,22-23,25H,7-11,14-15H2,1-3H3,(H,29,30)/t17?,18?,22-,23+,25-,26-,27+/m0/s1. The van der Waals surface area contributed by atoms with E-state index in [1.165, 1.54) is 30.4 Å². The maximum Gasteiger partial charge on any atom is 0.303 e. The Morgan fingerprint density at radius 3 is 2.73 bits per heavy atom. The summed E-state index contributed by atoms with van der Waals surface area (Å²) in [5.41, 5.74) is 4.93. The van der Waals surface area contributed by atoms with E-state index in [0.29, 0.717) is 24.2 Å². The predicted octanol–water partition coefficient (Wildman–Crippen LogP) is 6.37. The average molecular weight is 406 g/mol. The Morgan fingerprint density at radius 2 is 2.00 bits per heavy atom. The minimum atomic E-state index is -0.640. The molecule has 4 aliphatic rings. The predicted molar refractivity (Wildman–Crippen MR) is 120 cm³/mol. The normalized spacial score (nSPS) is 42.4. The molecule has 0 bridgehead atoms. The second-order valence-corrected chi connectivity index (χ2v) is 11.0. The molecular weight excluding hydrogens is 370 g/mol. The van der Waals surface area contributed by atoms with Crippen LogP contribution < -0.4 is 0 Å². The van der Waals surface area contributed by atoms with Crippen molar-refractivity contribution in [2.24, 2.45) is 40.4 Å². The molecule has 0 aromatic carbocycles. The van der Waals surface area contributed by atoms with Gasteiger partial charge in [-0.15, -0.1) is 0 Å². The van der Waals surface area contributed by atoms with Gasteiger partial charge < -0.3 is 5.11 Å². The number of carboxylic acid groups (broad SMARTS) is 1. The van der Waals surface area contributed by atoms with Gasteiger partial charge in [-0.05, 0) is 96.1 Å². The topological polar surface area (TPSA) is 50.2 Å². The van der Waals surface area contributed by atoms with E-state index >= 15 is 0 Å². The minimum absolute atomic E-state index is 0.251. The summed E-state index contributed by atoms with van der Waals surface area (Å²) in [4.78, 5) is 15.7. The molecule has 0 aliphatic heterocycles. The first kappa shape index (κ1) is 20.0. The fourth-order valence-electron chi connectivity index (χ4n) is 8.06. The van der Waals surface area contributed by atoms with Crippen LogP contribution in [0.3, 0.4) is 0 Å². The highest BCUT2D eigenvalue weighted by atomic mass is 16.4. The van der Waals surface area contributed by atoms with Crippen LogP contribution in [0.5, 0.6) is 0 Å².